The molecular formula is C13H16N2O3. The third-order valence-corrected chi connectivity index (χ3v) is 3.77. The Balaban J connectivity index is 2.52. The molecule has 1 aliphatic rings. The topological polar surface area (TPSA) is 72.2 Å². The van der Waals surface area contributed by atoms with Crippen LogP contribution < -0.4 is 5.32 Å². The Hall–Kier alpha value is -1.91. The SMILES string of the molecule is CCC(C)(C)C1C(=O)Nc2ccc([N+](=O)[O-])cc21. The Morgan fingerprint density at radius 1 is 1.44 bits per heavy atom. The van der Waals surface area contributed by atoms with Crippen LogP contribution in [0.1, 0.15) is 38.7 Å². The highest BCUT2D eigenvalue weighted by Gasteiger charge is 2.41. The van der Waals surface area contributed by atoms with Gasteiger partial charge in [-0.3, -0.25) is 14.9 Å². The molecule has 1 amide bonds. The van der Waals surface area contributed by atoms with Crippen LogP contribution in [0.25, 0.3) is 0 Å². The van der Waals surface area contributed by atoms with Crippen molar-refractivity contribution in [3.63, 3.8) is 0 Å². The fourth-order valence-electron chi connectivity index (χ4n) is 2.34. The number of nitrogens with one attached hydrogen (secondary N) is 1. The molecule has 1 unspecified atom stereocenters. The second-order valence-electron chi connectivity index (χ2n) is 5.29. The molecule has 0 saturated carbocycles. The number of carbonyl (C=O) groups is 1. The number of hydrogen-bond donors (Lipinski definition) is 1. The summed E-state index contributed by atoms with van der Waals surface area (Å²) in [4.78, 5) is 22.4. The molecule has 0 fully saturated rings. The summed E-state index contributed by atoms with van der Waals surface area (Å²) in [5.41, 5.74) is 1.24. The highest BCUT2D eigenvalue weighted by atomic mass is 16.6. The van der Waals surface area contributed by atoms with Crippen molar-refractivity contribution < 1.29 is 9.72 Å². The smallest absolute Gasteiger partial charge is 0.269 e. The van der Waals surface area contributed by atoms with Crippen LogP contribution in [0, 0.1) is 15.5 Å². The Labute approximate surface area is 105 Å². The van der Waals surface area contributed by atoms with E-state index in [1.54, 1.807) is 6.07 Å². The number of benzene rings is 1. The summed E-state index contributed by atoms with van der Waals surface area (Å²) >= 11 is 0. The fourth-order valence-corrected chi connectivity index (χ4v) is 2.34. The van der Waals surface area contributed by atoms with Gasteiger partial charge in [-0.05, 0) is 23.5 Å². The van der Waals surface area contributed by atoms with Crippen LogP contribution in [0.3, 0.4) is 0 Å². The lowest BCUT2D eigenvalue weighted by Crippen LogP contribution is -2.27. The van der Waals surface area contributed by atoms with Gasteiger partial charge in [0.1, 0.15) is 0 Å². The van der Waals surface area contributed by atoms with Crippen molar-refractivity contribution >= 4 is 17.3 Å². The molecule has 0 aromatic heterocycles. The maximum Gasteiger partial charge on any atom is 0.269 e. The summed E-state index contributed by atoms with van der Waals surface area (Å²) in [7, 11) is 0. The largest absolute Gasteiger partial charge is 0.325 e. The predicted molar refractivity (Wildman–Crippen MR) is 68.5 cm³/mol. The zero-order chi connectivity index (χ0) is 13.5. The highest BCUT2D eigenvalue weighted by molar-refractivity contribution is 6.03. The van der Waals surface area contributed by atoms with Gasteiger partial charge in [0, 0.05) is 17.8 Å². The Bertz CT molecular complexity index is 523. The van der Waals surface area contributed by atoms with Crippen LogP contribution in [0.5, 0.6) is 0 Å². The average Bonchev–Trinajstić information content (AvgIpc) is 2.64. The third-order valence-electron chi connectivity index (χ3n) is 3.77. The molecular weight excluding hydrogens is 232 g/mol. The predicted octanol–water partition coefficient (Wildman–Crippen LogP) is 3.07. The van der Waals surface area contributed by atoms with E-state index in [1.165, 1.54) is 12.1 Å². The van der Waals surface area contributed by atoms with E-state index in [0.717, 1.165) is 12.0 Å². The van der Waals surface area contributed by atoms with Crippen molar-refractivity contribution in [1.29, 1.82) is 0 Å². The number of nitro benzene ring substituents is 1. The lowest BCUT2D eigenvalue weighted by Gasteiger charge is -2.28. The molecule has 0 radical (unpaired) electrons. The molecule has 0 spiro atoms. The molecule has 5 heteroatoms. The van der Waals surface area contributed by atoms with Crippen LogP contribution in [0.15, 0.2) is 18.2 Å². The fraction of sp³-hybridized carbons (Fsp3) is 0.462. The monoisotopic (exact) mass is 248 g/mol. The van der Waals surface area contributed by atoms with E-state index < -0.39 is 4.92 Å². The minimum Gasteiger partial charge on any atom is -0.325 e. The number of carbonyl (C=O) groups excluding carboxylic acids is 1. The highest BCUT2D eigenvalue weighted by Crippen LogP contribution is 2.46. The first-order valence-electron chi connectivity index (χ1n) is 5.96. The normalized spacial score (nSPS) is 18.4. The first kappa shape index (κ1) is 12.5. The molecule has 1 aromatic rings. The van der Waals surface area contributed by atoms with Crippen LogP contribution in [0.2, 0.25) is 0 Å². The Morgan fingerprint density at radius 2 is 2.11 bits per heavy atom. The molecule has 1 aliphatic heterocycles. The maximum absolute atomic E-state index is 12.0. The second kappa shape index (κ2) is 4.08. The lowest BCUT2D eigenvalue weighted by molar-refractivity contribution is -0.384. The standard InChI is InChI=1S/C13H16N2O3/c1-4-13(2,3)11-9-7-8(15(17)18)5-6-10(9)14-12(11)16/h5-7,11H,4H2,1-3H3,(H,14,16). The van der Waals surface area contributed by atoms with Gasteiger partial charge < -0.3 is 5.32 Å². The van der Waals surface area contributed by atoms with Crippen molar-refractivity contribution in [3.05, 3.63) is 33.9 Å². The molecule has 96 valence electrons. The summed E-state index contributed by atoms with van der Waals surface area (Å²) in [6.07, 6.45) is 0.827. The number of fused-ring (bicyclic) bond motifs is 1. The van der Waals surface area contributed by atoms with E-state index in [0.29, 0.717) is 5.69 Å². The zero-order valence-electron chi connectivity index (χ0n) is 10.7. The number of anilines is 1. The molecule has 2 rings (SSSR count). The quantitative estimate of drug-likeness (QED) is 0.660. The number of nitrogens with zero attached hydrogens (tertiary/aromatic N) is 1. The molecule has 0 aliphatic carbocycles. The molecule has 18 heavy (non-hydrogen) atoms. The molecule has 0 saturated heterocycles. The van der Waals surface area contributed by atoms with E-state index in [4.69, 9.17) is 0 Å². The Morgan fingerprint density at radius 3 is 2.67 bits per heavy atom. The molecule has 1 heterocycles. The van der Waals surface area contributed by atoms with Gasteiger partial charge in [-0.25, -0.2) is 0 Å². The van der Waals surface area contributed by atoms with Gasteiger partial charge in [-0.2, -0.15) is 0 Å². The van der Waals surface area contributed by atoms with Gasteiger partial charge in [0.25, 0.3) is 5.69 Å². The van der Waals surface area contributed by atoms with Crippen LogP contribution in [-0.2, 0) is 4.79 Å². The van der Waals surface area contributed by atoms with Gasteiger partial charge in [0.05, 0.1) is 10.8 Å². The number of hydrogen-bond acceptors (Lipinski definition) is 3. The Kier molecular flexibility index (Phi) is 2.84. The minimum atomic E-state index is -0.431. The van der Waals surface area contributed by atoms with E-state index in [-0.39, 0.29) is 22.9 Å². The van der Waals surface area contributed by atoms with Gasteiger partial charge in [-0.15, -0.1) is 0 Å². The average molecular weight is 248 g/mol. The number of amides is 1. The van der Waals surface area contributed by atoms with Gasteiger partial charge >= 0.3 is 0 Å². The number of rotatable bonds is 3. The minimum absolute atomic E-state index is 0.0298. The van der Waals surface area contributed by atoms with E-state index >= 15 is 0 Å². The molecule has 5 nitrogen and oxygen atoms in total. The van der Waals surface area contributed by atoms with Crippen molar-refractivity contribution in [2.45, 2.75) is 33.1 Å². The van der Waals surface area contributed by atoms with Crippen LogP contribution in [-0.4, -0.2) is 10.8 Å². The van der Waals surface area contributed by atoms with E-state index in [2.05, 4.69) is 5.32 Å². The third kappa shape index (κ3) is 1.85. The molecule has 1 aromatic carbocycles. The summed E-state index contributed by atoms with van der Waals surface area (Å²) in [5, 5.41) is 13.6. The van der Waals surface area contributed by atoms with Crippen molar-refractivity contribution in [2.75, 3.05) is 5.32 Å². The number of nitro groups is 1. The van der Waals surface area contributed by atoms with E-state index in [1.807, 2.05) is 20.8 Å². The van der Waals surface area contributed by atoms with Crippen molar-refractivity contribution in [2.24, 2.45) is 5.41 Å². The maximum atomic E-state index is 12.0. The lowest BCUT2D eigenvalue weighted by atomic mass is 9.74. The van der Waals surface area contributed by atoms with E-state index in [9.17, 15) is 14.9 Å². The van der Waals surface area contributed by atoms with Crippen LogP contribution >= 0.6 is 0 Å². The zero-order valence-corrected chi connectivity index (χ0v) is 10.7. The van der Waals surface area contributed by atoms with Crippen molar-refractivity contribution in [1.82, 2.24) is 0 Å². The first-order chi connectivity index (χ1) is 8.36. The first-order valence-corrected chi connectivity index (χ1v) is 5.96. The second-order valence-corrected chi connectivity index (χ2v) is 5.29. The summed E-state index contributed by atoms with van der Waals surface area (Å²) in [5.74, 6) is -0.394. The molecule has 1 atom stereocenters. The van der Waals surface area contributed by atoms with Crippen LogP contribution in [0.4, 0.5) is 11.4 Å². The summed E-state index contributed by atoms with van der Waals surface area (Å²) in [6, 6.07) is 4.53. The van der Waals surface area contributed by atoms with Crippen molar-refractivity contribution in [3.8, 4) is 0 Å². The molecule has 0 bridgehead atoms. The number of non-ortho nitro benzene ring substituents is 1. The van der Waals surface area contributed by atoms with Gasteiger partial charge in [0.15, 0.2) is 0 Å². The summed E-state index contributed by atoms with van der Waals surface area (Å²) in [6.45, 7) is 6.03. The summed E-state index contributed by atoms with van der Waals surface area (Å²) < 4.78 is 0. The van der Waals surface area contributed by atoms with Gasteiger partial charge in [-0.1, -0.05) is 20.8 Å². The van der Waals surface area contributed by atoms with Gasteiger partial charge in [0.2, 0.25) is 5.91 Å². The molecule has 1 N–H and O–H groups in total.